The fourth-order valence-electron chi connectivity index (χ4n) is 2.40. The number of morpholine rings is 1. The highest BCUT2D eigenvalue weighted by Gasteiger charge is 2.19. The van der Waals surface area contributed by atoms with Crippen LogP contribution in [0.1, 0.15) is 31.9 Å². The smallest absolute Gasteiger partial charge is 0.122 e. The monoisotopic (exact) mass is 263 g/mol. The molecule has 1 fully saturated rings. The zero-order chi connectivity index (χ0) is 13.9. The molecule has 1 saturated heterocycles. The van der Waals surface area contributed by atoms with E-state index in [1.165, 1.54) is 11.1 Å². The summed E-state index contributed by atoms with van der Waals surface area (Å²) >= 11 is 0. The number of hydrogen-bond donors (Lipinski definition) is 1. The first-order valence-electron chi connectivity index (χ1n) is 7.00. The molecule has 0 bridgehead atoms. The van der Waals surface area contributed by atoms with Gasteiger partial charge in [0.1, 0.15) is 5.75 Å². The predicted molar refractivity (Wildman–Crippen MR) is 78.0 cm³/mol. The van der Waals surface area contributed by atoms with Crippen LogP contribution in [0.4, 0.5) is 0 Å². The first kappa shape index (κ1) is 14.4. The minimum atomic E-state index is 0.159. The average Bonchev–Trinajstić information content (AvgIpc) is 2.39. The maximum atomic E-state index is 5.79. The molecule has 19 heavy (non-hydrogen) atoms. The van der Waals surface area contributed by atoms with E-state index in [-0.39, 0.29) is 11.5 Å². The van der Waals surface area contributed by atoms with Gasteiger partial charge in [0.05, 0.1) is 19.8 Å². The molecule has 0 amide bonds. The molecule has 1 aliphatic heterocycles. The summed E-state index contributed by atoms with van der Waals surface area (Å²) in [6.07, 6.45) is 1.15. The SMILES string of the molecule is COc1ccc(C(C)(C)C)cc1CC1CNCCO1. The quantitative estimate of drug-likeness (QED) is 0.909. The predicted octanol–water partition coefficient (Wildman–Crippen LogP) is 2.52. The first-order chi connectivity index (χ1) is 9.00. The normalized spacial score (nSPS) is 20.3. The molecular formula is C16H25NO2. The molecule has 0 aromatic heterocycles. The van der Waals surface area contributed by atoms with Crippen molar-refractivity contribution in [2.75, 3.05) is 26.8 Å². The summed E-state index contributed by atoms with van der Waals surface area (Å²) < 4.78 is 11.3. The molecular weight excluding hydrogens is 238 g/mol. The van der Waals surface area contributed by atoms with Crippen molar-refractivity contribution in [3.63, 3.8) is 0 Å². The van der Waals surface area contributed by atoms with Crippen LogP contribution in [0.2, 0.25) is 0 Å². The Balaban J connectivity index is 2.20. The van der Waals surface area contributed by atoms with Gasteiger partial charge in [-0.3, -0.25) is 0 Å². The molecule has 1 N–H and O–H groups in total. The van der Waals surface area contributed by atoms with Crippen molar-refractivity contribution in [1.82, 2.24) is 5.32 Å². The minimum absolute atomic E-state index is 0.159. The Bertz CT molecular complexity index is 417. The van der Waals surface area contributed by atoms with Crippen LogP contribution >= 0.6 is 0 Å². The van der Waals surface area contributed by atoms with Gasteiger partial charge in [0.25, 0.3) is 0 Å². The van der Waals surface area contributed by atoms with E-state index < -0.39 is 0 Å². The van der Waals surface area contributed by atoms with Crippen molar-refractivity contribution < 1.29 is 9.47 Å². The average molecular weight is 263 g/mol. The highest BCUT2D eigenvalue weighted by molar-refractivity contribution is 5.40. The topological polar surface area (TPSA) is 30.5 Å². The summed E-state index contributed by atoms with van der Waals surface area (Å²) in [5.41, 5.74) is 2.74. The third kappa shape index (κ3) is 3.71. The molecule has 1 aromatic rings. The number of benzene rings is 1. The van der Waals surface area contributed by atoms with Crippen molar-refractivity contribution in [3.05, 3.63) is 29.3 Å². The van der Waals surface area contributed by atoms with Crippen LogP contribution in [0.25, 0.3) is 0 Å². The van der Waals surface area contributed by atoms with E-state index in [4.69, 9.17) is 9.47 Å². The van der Waals surface area contributed by atoms with E-state index in [0.29, 0.717) is 0 Å². The Morgan fingerprint density at radius 2 is 2.16 bits per heavy atom. The molecule has 0 saturated carbocycles. The van der Waals surface area contributed by atoms with Crippen LogP contribution in [0, 0.1) is 0 Å². The number of methoxy groups -OCH3 is 1. The Hall–Kier alpha value is -1.06. The van der Waals surface area contributed by atoms with Gasteiger partial charge in [0, 0.05) is 19.5 Å². The van der Waals surface area contributed by atoms with E-state index in [2.05, 4.69) is 44.3 Å². The third-order valence-electron chi connectivity index (χ3n) is 3.60. The van der Waals surface area contributed by atoms with Crippen molar-refractivity contribution in [2.24, 2.45) is 0 Å². The van der Waals surface area contributed by atoms with Gasteiger partial charge in [-0.15, -0.1) is 0 Å². The molecule has 3 nitrogen and oxygen atoms in total. The molecule has 1 atom stereocenters. The van der Waals surface area contributed by atoms with E-state index in [1.807, 2.05) is 0 Å². The Labute approximate surface area is 116 Å². The summed E-state index contributed by atoms with van der Waals surface area (Å²) in [7, 11) is 1.73. The van der Waals surface area contributed by atoms with Crippen molar-refractivity contribution in [3.8, 4) is 5.75 Å². The highest BCUT2D eigenvalue weighted by Crippen LogP contribution is 2.29. The van der Waals surface area contributed by atoms with Crippen LogP contribution in [0.15, 0.2) is 18.2 Å². The summed E-state index contributed by atoms with van der Waals surface area (Å²) in [5.74, 6) is 0.960. The standard InChI is InChI=1S/C16H25NO2/c1-16(2,3)13-5-6-15(18-4)12(9-13)10-14-11-17-7-8-19-14/h5-6,9,14,17H,7-8,10-11H2,1-4H3. The summed E-state index contributed by atoms with van der Waals surface area (Å²) in [4.78, 5) is 0. The molecule has 0 radical (unpaired) electrons. The third-order valence-corrected chi connectivity index (χ3v) is 3.60. The molecule has 1 unspecified atom stereocenters. The maximum absolute atomic E-state index is 5.79. The van der Waals surface area contributed by atoms with Gasteiger partial charge in [0.2, 0.25) is 0 Å². The molecule has 1 aliphatic rings. The van der Waals surface area contributed by atoms with Gasteiger partial charge in [-0.25, -0.2) is 0 Å². The number of hydrogen-bond acceptors (Lipinski definition) is 3. The first-order valence-corrected chi connectivity index (χ1v) is 7.00. The lowest BCUT2D eigenvalue weighted by Crippen LogP contribution is -2.39. The molecule has 3 heteroatoms. The van der Waals surface area contributed by atoms with Gasteiger partial charge in [0.15, 0.2) is 0 Å². The summed E-state index contributed by atoms with van der Waals surface area (Å²) in [5, 5.41) is 3.37. The van der Waals surface area contributed by atoms with Gasteiger partial charge in [-0.2, -0.15) is 0 Å². The van der Waals surface area contributed by atoms with Gasteiger partial charge in [-0.1, -0.05) is 32.9 Å². The lowest BCUT2D eigenvalue weighted by atomic mass is 9.85. The fourth-order valence-corrected chi connectivity index (χ4v) is 2.40. The molecule has 1 heterocycles. The Morgan fingerprint density at radius 3 is 2.74 bits per heavy atom. The molecule has 0 aliphatic carbocycles. The Kier molecular flexibility index (Phi) is 4.48. The number of ether oxygens (including phenoxy) is 2. The molecule has 1 aromatic carbocycles. The van der Waals surface area contributed by atoms with E-state index in [1.54, 1.807) is 7.11 Å². The van der Waals surface area contributed by atoms with Gasteiger partial charge in [-0.05, 0) is 22.6 Å². The van der Waals surface area contributed by atoms with Gasteiger partial charge < -0.3 is 14.8 Å². The second-order valence-electron chi connectivity index (χ2n) is 6.18. The minimum Gasteiger partial charge on any atom is -0.496 e. The largest absolute Gasteiger partial charge is 0.496 e. The van der Waals surface area contributed by atoms with Crippen molar-refractivity contribution in [2.45, 2.75) is 38.7 Å². The fraction of sp³-hybridized carbons (Fsp3) is 0.625. The number of rotatable bonds is 3. The van der Waals surface area contributed by atoms with Crippen LogP contribution in [0.5, 0.6) is 5.75 Å². The lowest BCUT2D eigenvalue weighted by molar-refractivity contribution is 0.0289. The zero-order valence-corrected chi connectivity index (χ0v) is 12.5. The maximum Gasteiger partial charge on any atom is 0.122 e. The van der Waals surface area contributed by atoms with Crippen molar-refractivity contribution in [1.29, 1.82) is 0 Å². The Morgan fingerprint density at radius 1 is 1.37 bits per heavy atom. The molecule has 2 rings (SSSR count). The second-order valence-corrected chi connectivity index (χ2v) is 6.18. The van der Waals surface area contributed by atoms with Crippen LogP contribution in [0.3, 0.4) is 0 Å². The van der Waals surface area contributed by atoms with E-state index in [9.17, 15) is 0 Å². The van der Waals surface area contributed by atoms with Crippen LogP contribution < -0.4 is 10.1 Å². The second kappa shape index (κ2) is 5.93. The summed E-state index contributed by atoms with van der Waals surface area (Å²) in [6, 6.07) is 6.49. The van der Waals surface area contributed by atoms with E-state index in [0.717, 1.165) is 31.9 Å². The zero-order valence-electron chi connectivity index (χ0n) is 12.5. The number of nitrogens with one attached hydrogen (secondary N) is 1. The van der Waals surface area contributed by atoms with Crippen LogP contribution in [-0.2, 0) is 16.6 Å². The van der Waals surface area contributed by atoms with Crippen molar-refractivity contribution >= 4 is 0 Å². The lowest BCUT2D eigenvalue weighted by Gasteiger charge is -2.26. The highest BCUT2D eigenvalue weighted by atomic mass is 16.5. The van der Waals surface area contributed by atoms with Crippen LogP contribution in [-0.4, -0.2) is 32.9 Å². The molecule has 0 spiro atoms. The van der Waals surface area contributed by atoms with E-state index >= 15 is 0 Å². The van der Waals surface area contributed by atoms with Gasteiger partial charge >= 0.3 is 0 Å². The summed E-state index contributed by atoms with van der Waals surface area (Å²) in [6.45, 7) is 9.37. The molecule has 106 valence electrons.